The summed E-state index contributed by atoms with van der Waals surface area (Å²) in [4.78, 5) is 11.8. The van der Waals surface area contributed by atoms with E-state index in [1.807, 2.05) is 24.3 Å². The fraction of sp³-hybridized carbons (Fsp3) is 0.462. The fourth-order valence-corrected chi connectivity index (χ4v) is 1.88. The third-order valence-electron chi connectivity index (χ3n) is 3.03. The molecule has 0 bridgehead atoms. The van der Waals surface area contributed by atoms with Crippen LogP contribution in [0.15, 0.2) is 24.3 Å². The summed E-state index contributed by atoms with van der Waals surface area (Å²) in [5.41, 5.74) is 7.22. The number of nitrogens with two attached hydrogens (primary N) is 1. The largest absolute Gasteiger partial charge is 0.381 e. The van der Waals surface area contributed by atoms with Gasteiger partial charge in [-0.1, -0.05) is 12.1 Å². The van der Waals surface area contributed by atoms with Crippen LogP contribution in [0, 0.1) is 5.92 Å². The van der Waals surface area contributed by atoms with Crippen molar-refractivity contribution in [3.63, 3.8) is 0 Å². The Morgan fingerprint density at radius 3 is 2.76 bits per heavy atom. The normalized spacial score (nSPS) is 19.2. The molecule has 0 spiro atoms. The van der Waals surface area contributed by atoms with Gasteiger partial charge in [0.05, 0.1) is 6.61 Å². The Labute approximate surface area is 101 Å². The molecule has 1 amide bonds. The number of carbonyl (C=O) groups is 1. The van der Waals surface area contributed by atoms with Crippen molar-refractivity contribution < 1.29 is 9.53 Å². The smallest absolute Gasteiger partial charge is 0.251 e. The minimum Gasteiger partial charge on any atom is -0.381 e. The van der Waals surface area contributed by atoms with Crippen LogP contribution in [0.2, 0.25) is 0 Å². The number of hydrogen-bond acceptors (Lipinski definition) is 3. The van der Waals surface area contributed by atoms with Crippen molar-refractivity contribution in [2.75, 3.05) is 19.8 Å². The van der Waals surface area contributed by atoms with E-state index in [2.05, 4.69) is 5.32 Å². The van der Waals surface area contributed by atoms with Crippen LogP contribution in [0.5, 0.6) is 0 Å². The van der Waals surface area contributed by atoms with Crippen LogP contribution in [0.1, 0.15) is 22.3 Å². The molecule has 92 valence electrons. The van der Waals surface area contributed by atoms with Gasteiger partial charge in [0.2, 0.25) is 0 Å². The van der Waals surface area contributed by atoms with Crippen molar-refractivity contribution in [1.29, 1.82) is 0 Å². The molecule has 1 aliphatic rings. The molecule has 4 heteroatoms. The molecule has 0 radical (unpaired) electrons. The summed E-state index contributed by atoms with van der Waals surface area (Å²) in [6.45, 7) is 2.76. The number of rotatable bonds is 4. The molecule has 0 aromatic heterocycles. The number of benzene rings is 1. The first-order valence-electron chi connectivity index (χ1n) is 5.94. The Morgan fingerprint density at radius 2 is 2.18 bits per heavy atom. The minimum atomic E-state index is -0.0273. The topological polar surface area (TPSA) is 64.4 Å². The second-order valence-electron chi connectivity index (χ2n) is 4.34. The highest BCUT2D eigenvalue weighted by molar-refractivity contribution is 5.94. The second kappa shape index (κ2) is 5.80. The average molecular weight is 234 g/mol. The molecule has 0 saturated carbocycles. The molecule has 1 fully saturated rings. The van der Waals surface area contributed by atoms with Gasteiger partial charge in [-0.2, -0.15) is 0 Å². The van der Waals surface area contributed by atoms with Crippen LogP contribution in [-0.2, 0) is 11.3 Å². The predicted octanol–water partition coefficient (Wildman–Crippen LogP) is 0.912. The molecule has 1 aliphatic heterocycles. The molecule has 1 aromatic carbocycles. The standard InChI is InChI=1S/C13H18N2O2/c14-7-10-1-3-12(4-2-10)13(16)15-8-11-5-6-17-9-11/h1-4,11H,5-9,14H2,(H,15,16). The number of nitrogens with one attached hydrogen (secondary N) is 1. The van der Waals surface area contributed by atoms with E-state index < -0.39 is 0 Å². The van der Waals surface area contributed by atoms with Crippen molar-refractivity contribution in [3.05, 3.63) is 35.4 Å². The van der Waals surface area contributed by atoms with Crippen molar-refractivity contribution in [2.24, 2.45) is 11.7 Å². The first-order chi connectivity index (χ1) is 8.29. The molecule has 1 atom stereocenters. The molecule has 2 rings (SSSR count). The van der Waals surface area contributed by atoms with E-state index in [1.165, 1.54) is 0 Å². The van der Waals surface area contributed by atoms with Gasteiger partial charge in [-0.15, -0.1) is 0 Å². The van der Waals surface area contributed by atoms with E-state index in [9.17, 15) is 4.79 Å². The molecule has 1 unspecified atom stereocenters. The van der Waals surface area contributed by atoms with E-state index in [0.29, 0.717) is 24.6 Å². The van der Waals surface area contributed by atoms with E-state index in [0.717, 1.165) is 25.2 Å². The van der Waals surface area contributed by atoms with E-state index in [1.54, 1.807) is 0 Å². The van der Waals surface area contributed by atoms with Gasteiger partial charge < -0.3 is 15.8 Å². The van der Waals surface area contributed by atoms with Crippen LogP contribution >= 0.6 is 0 Å². The quantitative estimate of drug-likeness (QED) is 0.814. The highest BCUT2D eigenvalue weighted by Gasteiger charge is 2.16. The van der Waals surface area contributed by atoms with Gasteiger partial charge in [-0.05, 0) is 24.1 Å². The lowest BCUT2D eigenvalue weighted by Crippen LogP contribution is -2.29. The van der Waals surface area contributed by atoms with Crippen LogP contribution in [0.25, 0.3) is 0 Å². The molecular weight excluding hydrogens is 216 g/mol. The molecule has 1 saturated heterocycles. The summed E-state index contributed by atoms with van der Waals surface area (Å²) in [5.74, 6) is 0.433. The van der Waals surface area contributed by atoms with Gasteiger partial charge in [-0.3, -0.25) is 4.79 Å². The number of carbonyl (C=O) groups excluding carboxylic acids is 1. The Morgan fingerprint density at radius 1 is 1.41 bits per heavy atom. The van der Waals surface area contributed by atoms with Crippen LogP contribution in [-0.4, -0.2) is 25.7 Å². The summed E-state index contributed by atoms with van der Waals surface area (Å²) in [6, 6.07) is 7.38. The molecule has 1 aromatic rings. The van der Waals surface area contributed by atoms with Crippen LogP contribution in [0.4, 0.5) is 0 Å². The summed E-state index contributed by atoms with van der Waals surface area (Å²) in [6.07, 6.45) is 1.03. The van der Waals surface area contributed by atoms with Crippen molar-refractivity contribution in [1.82, 2.24) is 5.32 Å². The monoisotopic (exact) mass is 234 g/mol. The lowest BCUT2D eigenvalue weighted by molar-refractivity contribution is 0.0945. The van der Waals surface area contributed by atoms with E-state index in [-0.39, 0.29) is 5.91 Å². The predicted molar refractivity (Wildman–Crippen MR) is 65.6 cm³/mol. The lowest BCUT2D eigenvalue weighted by atomic mass is 10.1. The van der Waals surface area contributed by atoms with E-state index >= 15 is 0 Å². The summed E-state index contributed by atoms with van der Waals surface area (Å²) in [7, 11) is 0. The van der Waals surface area contributed by atoms with Crippen LogP contribution < -0.4 is 11.1 Å². The van der Waals surface area contributed by atoms with Crippen molar-refractivity contribution >= 4 is 5.91 Å². The Kier molecular flexibility index (Phi) is 4.12. The Balaban J connectivity index is 1.85. The van der Waals surface area contributed by atoms with E-state index in [4.69, 9.17) is 10.5 Å². The zero-order valence-electron chi connectivity index (χ0n) is 9.82. The lowest BCUT2D eigenvalue weighted by Gasteiger charge is -2.09. The summed E-state index contributed by atoms with van der Waals surface area (Å²) >= 11 is 0. The van der Waals surface area contributed by atoms with Gasteiger partial charge in [0.15, 0.2) is 0 Å². The highest BCUT2D eigenvalue weighted by Crippen LogP contribution is 2.11. The van der Waals surface area contributed by atoms with Gasteiger partial charge >= 0.3 is 0 Å². The highest BCUT2D eigenvalue weighted by atomic mass is 16.5. The molecule has 4 nitrogen and oxygen atoms in total. The number of amides is 1. The summed E-state index contributed by atoms with van der Waals surface area (Å²) in [5, 5.41) is 2.93. The van der Waals surface area contributed by atoms with Gasteiger partial charge in [0, 0.05) is 31.2 Å². The fourth-order valence-electron chi connectivity index (χ4n) is 1.88. The molecular formula is C13H18N2O2. The Hall–Kier alpha value is -1.39. The maximum atomic E-state index is 11.8. The third kappa shape index (κ3) is 3.28. The molecule has 3 N–H and O–H groups in total. The average Bonchev–Trinajstić information content (AvgIpc) is 2.89. The zero-order valence-corrected chi connectivity index (χ0v) is 9.82. The maximum absolute atomic E-state index is 11.8. The third-order valence-corrected chi connectivity index (χ3v) is 3.03. The van der Waals surface area contributed by atoms with Crippen molar-refractivity contribution in [3.8, 4) is 0 Å². The molecule has 1 heterocycles. The number of hydrogen-bond donors (Lipinski definition) is 2. The Bertz CT molecular complexity index is 370. The molecule has 17 heavy (non-hydrogen) atoms. The minimum absolute atomic E-state index is 0.0273. The van der Waals surface area contributed by atoms with Gasteiger partial charge in [0.1, 0.15) is 0 Å². The van der Waals surface area contributed by atoms with Gasteiger partial charge in [-0.25, -0.2) is 0 Å². The van der Waals surface area contributed by atoms with Crippen LogP contribution in [0.3, 0.4) is 0 Å². The second-order valence-corrected chi connectivity index (χ2v) is 4.34. The maximum Gasteiger partial charge on any atom is 0.251 e. The first-order valence-corrected chi connectivity index (χ1v) is 5.94. The van der Waals surface area contributed by atoms with Gasteiger partial charge in [0.25, 0.3) is 5.91 Å². The SMILES string of the molecule is NCc1ccc(C(=O)NCC2CCOC2)cc1. The summed E-state index contributed by atoms with van der Waals surface area (Å²) < 4.78 is 5.26. The zero-order chi connectivity index (χ0) is 12.1. The molecule has 0 aliphatic carbocycles. The van der Waals surface area contributed by atoms with Crippen molar-refractivity contribution in [2.45, 2.75) is 13.0 Å². The number of ether oxygens (including phenoxy) is 1. The first kappa shape index (κ1) is 12.1.